The molecule has 0 aliphatic carbocycles. The number of anilines is 1. The molecule has 0 aliphatic rings. The number of benzene rings is 2. The molecule has 0 saturated heterocycles. The monoisotopic (exact) mass is 350 g/mol. The van der Waals surface area contributed by atoms with E-state index in [1.165, 1.54) is 17.4 Å². The van der Waals surface area contributed by atoms with Crippen molar-refractivity contribution < 1.29 is 9.21 Å². The molecule has 4 rings (SSSR count). The fourth-order valence-electron chi connectivity index (χ4n) is 2.72. The minimum Gasteiger partial charge on any atom is -0.451 e. The van der Waals surface area contributed by atoms with E-state index in [0.717, 1.165) is 22.2 Å². The van der Waals surface area contributed by atoms with E-state index < -0.39 is 5.91 Å². The van der Waals surface area contributed by atoms with E-state index >= 15 is 0 Å². The minimum atomic E-state index is -0.486. The number of para-hydroxylation sites is 2. The Morgan fingerprint density at radius 2 is 2.04 bits per heavy atom. The molecular weight excluding hydrogens is 336 g/mol. The summed E-state index contributed by atoms with van der Waals surface area (Å²) in [5.74, 6) is -0.515. The number of hydrogen-bond donors (Lipinski definition) is 1. The third-order valence-corrected chi connectivity index (χ3v) is 4.90. The number of carbonyl (C=O) groups is 1. The molecule has 0 radical (unpaired) electrons. The van der Waals surface area contributed by atoms with Gasteiger partial charge < -0.3 is 4.42 Å². The SMILES string of the molecule is CCc1cccc2sc(NC(=O)c3cc(=O)c4ccccc4o3)nc12. The van der Waals surface area contributed by atoms with E-state index in [4.69, 9.17) is 4.42 Å². The molecular formula is C19H14N2O3S. The van der Waals surface area contributed by atoms with E-state index in [-0.39, 0.29) is 11.2 Å². The molecule has 1 amide bonds. The first-order chi connectivity index (χ1) is 12.2. The number of aryl methyl sites for hydroxylation is 1. The molecule has 0 atom stereocenters. The van der Waals surface area contributed by atoms with Crippen molar-refractivity contribution in [3.05, 3.63) is 70.1 Å². The predicted octanol–water partition coefficient (Wildman–Crippen LogP) is 4.22. The van der Waals surface area contributed by atoms with Crippen molar-refractivity contribution >= 4 is 43.6 Å². The molecule has 0 saturated carbocycles. The van der Waals surface area contributed by atoms with Crippen LogP contribution in [0.4, 0.5) is 5.13 Å². The largest absolute Gasteiger partial charge is 0.451 e. The van der Waals surface area contributed by atoms with Crippen molar-refractivity contribution in [1.29, 1.82) is 0 Å². The number of thiazole rings is 1. The van der Waals surface area contributed by atoms with E-state index in [0.29, 0.717) is 16.1 Å². The van der Waals surface area contributed by atoms with Gasteiger partial charge in [-0.15, -0.1) is 0 Å². The zero-order chi connectivity index (χ0) is 17.4. The van der Waals surface area contributed by atoms with Crippen LogP contribution in [0.5, 0.6) is 0 Å². The molecule has 4 aromatic rings. The first kappa shape index (κ1) is 15.5. The van der Waals surface area contributed by atoms with Crippen LogP contribution in [0.3, 0.4) is 0 Å². The van der Waals surface area contributed by atoms with Crippen LogP contribution in [0.25, 0.3) is 21.2 Å². The van der Waals surface area contributed by atoms with Crippen molar-refractivity contribution in [2.75, 3.05) is 5.32 Å². The van der Waals surface area contributed by atoms with E-state index in [9.17, 15) is 9.59 Å². The number of carbonyl (C=O) groups excluding carboxylic acids is 1. The van der Waals surface area contributed by atoms with Gasteiger partial charge in [-0.2, -0.15) is 0 Å². The summed E-state index contributed by atoms with van der Waals surface area (Å²) in [6, 6.07) is 14.0. The summed E-state index contributed by atoms with van der Waals surface area (Å²) >= 11 is 1.39. The fraction of sp³-hybridized carbons (Fsp3) is 0.105. The summed E-state index contributed by atoms with van der Waals surface area (Å²) in [4.78, 5) is 29.1. The Balaban J connectivity index is 1.69. The highest BCUT2D eigenvalue weighted by Crippen LogP contribution is 2.28. The molecule has 0 aliphatic heterocycles. The van der Waals surface area contributed by atoms with Crippen LogP contribution >= 0.6 is 11.3 Å². The molecule has 5 nitrogen and oxygen atoms in total. The highest BCUT2D eigenvalue weighted by atomic mass is 32.1. The average molecular weight is 350 g/mol. The van der Waals surface area contributed by atoms with Crippen molar-refractivity contribution in [2.24, 2.45) is 0 Å². The number of nitrogens with one attached hydrogen (secondary N) is 1. The Morgan fingerprint density at radius 1 is 1.20 bits per heavy atom. The average Bonchev–Trinajstić information content (AvgIpc) is 3.04. The van der Waals surface area contributed by atoms with Crippen molar-refractivity contribution in [2.45, 2.75) is 13.3 Å². The van der Waals surface area contributed by atoms with E-state index in [1.54, 1.807) is 24.3 Å². The van der Waals surface area contributed by atoms with Gasteiger partial charge in [-0.1, -0.05) is 42.5 Å². The minimum absolute atomic E-state index is 0.0290. The van der Waals surface area contributed by atoms with Gasteiger partial charge in [-0.25, -0.2) is 4.98 Å². The molecule has 2 heterocycles. The number of aromatic nitrogens is 1. The maximum atomic E-state index is 12.5. The van der Waals surface area contributed by atoms with Crippen molar-refractivity contribution in [3.63, 3.8) is 0 Å². The number of rotatable bonds is 3. The van der Waals surface area contributed by atoms with Gasteiger partial charge >= 0.3 is 0 Å². The van der Waals surface area contributed by atoms with Gasteiger partial charge in [0.25, 0.3) is 5.91 Å². The number of nitrogens with zero attached hydrogens (tertiary/aromatic N) is 1. The summed E-state index contributed by atoms with van der Waals surface area (Å²) in [5.41, 5.74) is 2.17. The molecule has 0 bridgehead atoms. The zero-order valence-electron chi connectivity index (χ0n) is 13.4. The summed E-state index contributed by atoms with van der Waals surface area (Å²) in [5, 5.41) is 3.66. The Labute approximate surface area is 146 Å². The van der Waals surface area contributed by atoms with Crippen LogP contribution in [0, 0.1) is 0 Å². The Bertz CT molecular complexity index is 1160. The van der Waals surface area contributed by atoms with Gasteiger partial charge in [0.15, 0.2) is 16.3 Å². The van der Waals surface area contributed by atoms with Gasteiger partial charge in [-0.3, -0.25) is 14.9 Å². The second-order valence-electron chi connectivity index (χ2n) is 5.56. The first-order valence-electron chi connectivity index (χ1n) is 7.88. The van der Waals surface area contributed by atoms with Crippen molar-refractivity contribution in [3.8, 4) is 0 Å². The Morgan fingerprint density at radius 3 is 2.88 bits per heavy atom. The van der Waals surface area contributed by atoms with Crippen LogP contribution in [-0.4, -0.2) is 10.9 Å². The highest BCUT2D eigenvalue weighted by molar-refractivity contribution is 7.22. The van der Waals surface area contributed by atoms with Crippen LogP contribution in [0.2, 0.25) is 0 Å². The molecule has 0 spiro atoms. The summed E-state index contributed by atoms with van der Waals surface area (Å²) in [6.07, 6.45) is 0.869. The summed E-state index contributed by atoms with van der Waals surface area (Å²) in [7, 11) is 0. The lowest BCUT2D eigenvalue weighted by atomic mass is 10.1. The van der Waals surface area contributed by atoms with Crippen LogP contribution in [0.1, 0.15) is 23.0 Å². The fourth-order valence-corrected chi connectivity index (χ4v) is 3.63. The molecule has 2 aromatic carbocycles. The van der Waals surface area contributed by atoms with Gasteiger partial charge in [0.1, 0.15) is 5.58 Å². The van der Waals surface area contributed by atoms with Crippen molar-refractivity contribution in [1.82, 2.24) is 4.98 Å². The van der Waals surface area contributed by atoms with Gasteiger partial charge in [0.05, 0.1) is 15.6 Å². The normalized spacial score (nSPS) is 11.1. The third kappa shape index (κ3) is 2.81. The molecule has 6 heteroatoms. The third-order valence-electron chi connectivity index (χ3n) is 3.96. The molecule has 2 aromatic heterocycles. The number of hydrogen-bond acceptors (Lipinski definition) is 5. The quantitative estimate of drug-likeness (QED) is 0.600. The number of amides is 1. The lowest BCUT2D eigenvalue weighted by Crippen LogP contribution is -2.14. The molecule has 124 valence electrons. The summed E-state index contributed by atoms with van der Waals surface area (Å²) < 4.78 is 6.57. The van der Waals surface area contributed by atoms with Gasteiger partial charge in [0.2, 0.25) is 0 Å². The van der Waals surface area contributed by atoms with Gasteiger partial charge in [-0.05, 0) is 30.2 Å². The highest BCUT2D eigenvalue weighted by Gasteiger charge is 2.15. The second-order valence-corrected chi connectivity index (χ2v) is 6.59. The standard InChI is InChI=1S/C19H14N2O3S/c1-2-11-6-5-9-16-17(11)20-19(25-16)21-18(23)15-10-13(22)12-7-3-4-8-14(12)24-15/h3-10H,2H2,1H3,(H,20,21,23). The van der Waals surface area contributed by atoms with Crippen LogP contribution < -0.4 is 10.7 Å². The van der Waals surface area contributed by atoms with E-state index in [1.807, 2.05) is 18.2 Å². The lowest BCUT2D eigenvalue weighted by molar-refractivity contribution is 0.0997. The molecule has 25 heavy (non-hydrogen) atoms. The Hall–Kier alpha value is -2.99. The van der Waals surface area contributed by atoms with Crippen LogP contribution in [0.15, 0.2) is 57.7 Å². The van der Waals surface area contributed by atoms with Gasteiger partial charge in [0, 0.05) is 6.07 Å². The second kappa shape index (κ2) is 6.14. The lowest BCUT2D eigenvalue weighted by Gasteiger charge is -2.02. The smallest absolute Gasteiger partial charge is 0.293 e. The molecule has 1 N–H and O–H groups in total. The number of fused-ring (bicyclic) bond motifs is 2. The van der Waals surface area contributed by atoms with Crippen LogP contribution in [-0.2, 0) is 6.42 Å². The topological polar surface area (TPSA) is 72.2 Å². The first-order valence-corrected chi connectivity index (χ1v) is 8.70. The maximum Gasteiger partial charge on any atom is 0.293 e. The maximum absolute atomic E-state index is 12.5. The molecule has 0 fully saturated rings. The van der Waals surface area contributed by atoms with E-state index in [2.05, 4.69) is 17.2 Å². The predicted molar refractivity (Wildman–Crippen MR) is 99.4 cm³/mol. The zero-order valence-corrected chi connectivity index (χ0v) is 14.2. The summed E-state index contributed by atoms with van der Waals surface area (Å²) in [6.45, 7) is 2.07. The Kier molecular flexibility index (Phi) is 3.82. The molecule has 0 unspecified atom stereocenters.